The van der Waals surface area contributed by atoms with E-state index in [0.29, 0.717) is 17.8 Å². The van der Waals surface area contributed by atoms with Gasteiger partial charge in [-0.2, -0.15) is 0 Å². The zero-order valence-corrected chi connectivity index (χ0v) is 18.9. The van der Waals surface area contributed by atoms with E-state index in [4.69, 9.17) is 18.9 Å². The van der Waals surface area contributed by atoms with Gasteiger partial charge in [0.1, 0.15) is 38.0 Å². The number of esters is 2. The molecule has 2 aromatic carbocycles. The molecule has 0 fully saturated rings. The van der Waals surface area contributed by atoms with Crippen molar-refractivity contribution in [2.75, 3.05) is 26.4 Å². The summed E-state index contributed by atoms with van der Waals surface area (Å²) in [6, 6.07) is 8.74. The summed E-state index contributed by atoms with van der Waals surface area (Å²) in [5.74, 6) is -1.21. The van der Waals surface area contributed by atoms with E-state index in [9.17, 15) is 18.8 Å². The summed E-state index contributed by atoms with van der Waals surface area (Å²) in [5, 5.41) is 0. The van der Waals surface area contributed by atoms with E-state index in [1.54, 1.807) is 18.2 Å². The predicted octanol–water partition coefficient (Wildman–Crippen LogP) is 4.02. The van der Waals surface area contributed by atoms with Gasteiger partial charge in [-0.3, -0.25) is 4.79 Å². The second kappa shape index (κ2) is 12.8. The SMILES string of the molecule is C=C(C)C(=O)OCCOc1cc(-c2ccc(OC(=O)C(=C)C)cc2F)ccc1OCCOC=O. The predicted molar refractivity (Wildman–Crippen MR) is 121 cm³/mol. The molecule has 0 N–H and O–H groups in total. The fraction of sp³-hybridized carbons (Fsp3) is 0.240. The fourth-order valence-corrected chi connectivity index (χ4v) is 2.55. The van der Waals surface area contributed by atoms with Crippen molar-refractivity contribution in [3.05, 3.63) is 66.5 Å². The normalized spacial score (nSPS) is 10.1. The molecule has 0 amide bonds. The second-order valence-corrected chi connectivity index (χ2v) is 7.05. The Morgan fingerprint density at radius 2 is 1.56 bits per heavy atom. The Morgan fingerprint density at radius 3 is 2.21 bits per heavy atom. The first-order valence-corrected chi connectivity index (χ1v) is 10.2. The molecule has 0 aromatic heterocycles. The molecule has 0 atom stereocenters. The van der Waals surface area contributed by atoms with E-state index >= 15 is 0 Å². The van der Waals surface area contributed by atoms with Gasteiger partial charge < -0.3 is 23.7 Å². The maximum absolute atomic E-state index is 14.8. The molecule has 0 radical (unpaired) electrons. The molecule has 0 saturated carbocycles. The Balaban J connectivity index is 2.21. The topological polar surface area (TPSA) is 97.4 Å². The van der Waals surface area contributed by atoms with E-state index < -0.39 is 17.8 Å². The van der Waals surface area contributed by atoms with Gasteiger partial charge in [0, 0.05) is 22.8 Å². The molecular formula is C25H25FO8. The summed E-state index contributed by atoms with van der Waals surface area (Å²) < 4.78 is 40.7. The molecule has 0 heterocycles. The molecule has 8 nitrogen and oxygen atoms in total. The average molecular weight is 472 g/mol. The van der Waals surface area contributed by atoms with E-state index in [0.717, 1.165) is 6.07 Å². The number of benzene rings is 2. The number of hydrogen-bond donors (Lipinski definition) is 0. The van der Waals surface area contributed by atoms with Gasteiger partial charge >= 0.3 is 11.9 Å². The highest BCUT2D eigenvalue weighted by Gasteiger charge is 2.14. The number of hydrogen-bond acceptors (Lipinski definition) is 8. The van der Waals surface area contributed by atoms with Crippen LogP contribution < -0.4 is 14.2 Å². The van der Waals surface area contributed by atoms with E-state index in [2.05, 4.69) is 17.9 Å². The first-order valence-electron chi connectivity index (χ1n) is 10.2. The molecule has 0 aliphatic carbocycles. The number of carbonyl (C=O) groups excluding carboxylic acids is 3. The van der Waals surface area contributed by atoms with Crippen molar-refractivity contribution in [3.8, 4) is 28.4 Å². The highest BCUT2D eigenvalue weighted by Crippen LogP contribution is 2.35. The molecule has 2 aromatic rings. The summed E-state index contributed by atoms with van der Waals surface area (Å²) in [6.45, 7) is 10.4. The smallest absolute Gasteiger partial charge is 0.338 e. The van der Waals surface area contributed by atoms with E-state index in [1.165, 1.54) is 26.0 Å². The summed E-state index contributed by atoms with van der Waals surface area (Å²) >= 11 is 0. The first-order chi connectivity index (χ1) is 16.2. The summed E-state index contributed by atoms with van der Waals surface area (Å²) in [5.41, 5.74) is 1.13. The Kier molecular flexibility index (Phi) is 9.82. The minimum Gasteiger partial charge on any atom is -0.486 e. The summed E-state index contributed by atoms with van der Waals surface area (Å²) in [4.78, 5) is 33.5. The van der Waals surface area contributed by atoms with Crippen LogP contribution in [0.25, 0.3) is 11.1 Å². The van der Waals surface area contributed by atoms with Gasteiger partial charge in [-0.05, 0) is 43.7 Å². The van der Waals surface area contributed by atoms with Crippen LogP contribution in [0.15, 0.2) is 60.7 Å². The highest BCUT2D eigenvalue weighted by atomic mass is 19.1. The molecule has 9 heteroatoms. The van der Waals surface area contributed by atoms with Crippen LogP contribution in [0.2, 0.25) is 0 Å². The zero-order valence-electron chi connectivity index (χ0n) is 18.9. The average Bonchev–Trinajstić information content (AvgIpc) is 2.80. The zero-order chi connectivity index (χ0) is 25.1. The van der Waals surface area contributed by atoms with Crippen molar-refractivity contribution in [2.45, 2.75) is 13.8 Å². The molecule has 0 spiro atoms. The first kappa shape index (κ1) is 26.1. The van der Waals surface area contributed by atoms with Gasteiger partial charge in [-0.15, -0.1) is 0 Å². The molecule has 180 valence electrons. The number of carbonyl (C=O) groups is 3. The van der Waals surface area contributed by atoms with Crippen LogP contribution in [0.5, 0.6) is 17.2 Å². The van der Waals surface area contributed by atoms with Gasteiger partial charge in [-0.1, -0.05) is 19.2 Å². The molecule has 0 saturated heterocycles. The van der Waals surface area contributed by atoms with Crippen LogP contribution in [0.1, 0.15) is 13.8 Å². The lowest BCUT2D eigenvalue weighted by Gasteiger charge is -2.15. The summed E-state index contributed by atoms with van der Waals surface area (Å²) in [6.07, 6.45) is 0. The number of rotatable bonds is 13. The Hall–Kier alpha value is -4.14. The van der Waals surface area contributed by atoms with Gasteiger partial charge in [-0.25, -0.2) is 14.0 Å². The monoisotopic (exact) mass is 472 g/mol. The quantitative estimate of drug-likeness (QED) is 0.142. The molecular weight excluding hydrogens is 447 g/mol. The van der Waals surface area contributed by atoms with Crippen LogP contribution in [-0.2, 0) is 23.9 Å². The fourth-order valence-electron chi connectivity index (χ4n) is 2.55. The molecule has 34 heavy (non-hydrogen) atoms. The third kappa shape index (κ3) is 7.77. The van der Waals surface area contributed by atoms with Gasteiger partial charge in [0.15, 0.2) is 11.5 Å². The molecule has 0 unspecified atom stereocenters. The van der Waals surface area contributed by atoms with Crippen LogP contribution >= 0.6 is 0 Å². The maximum Gasteiger partial charge on any atom is 0.338 e. The molecule has 0 bridgehead atoms. The van der Waals surface area contributed by atoms with Crippen LogP contribution in [0.4, 0.5) is 4.39 Å². The lowest BCUT2D eigenvalue weighted by molar-refractivity contribution is -0.139. The van der Waals surface area contributed by atoms with Gasteiger partial charge in [0.25, 0.3) is 6.47 Å². The van der Waals surface area contributed by atoms with Gasteiger partial charge in [0.2, 0.25) is 0 Å². The van der Waals surface area contributed by atoms with Crippen LogP contribution in [0, 0.1) is 5.82 Å². The van der Waals surface area contributed by atoms with Crippen LogP contribution in [-0.4, -0.2) is 44.8 Å². The Bertz CT molecular complexity index is 1080. The number of halogens is 1. The van der Waals surface area contributed by atoms with Crippen molar-refractivity contribution < 1.29 is 42.5 Å². The number of ether oxygens (including phenoxy) is 5. The Labute approximate surface area is 196 Å². The minimum absolute atomic E-state index is 0.00193. The minimum atomic E-state index is -0.657. The van der Waals surface area contributed by atoms with Crippen molar-refractivity contribution in [2.24, 2.45) is 0 Å². The molecule has 0 aliphatic rings. The van der Waals surface area contributed by atoms with Gasteiger partial charge in [0.05, 0.1) is 0 Å². The highest BCUT2D eigenvalue weighted by molar-refractivity contribution is 5.89. The van der Waals surface area contributed by atoms with Crippen molar-refractivity contribution in [1.29, 1.82) is 0 Å². The third-order valence-corrected chi connectivity index (χ3v) is 4.20. The molecule has 2 rings (SSSR count). The lowest BCUT2D eigenvalue weighted by atomic mass is 10.0. The van der Waals surface area contributed by atoms with Crippen LogP contribution in [0.3, 0.4) is 0 Å². The van der Waals surface area contributed by atoms with E-state index in [-0.39, 0.29) is 54.6 Å². The van der Waals surface area contributed by atoms with Crippen molar-refractivity contribution in [3.63, 3.8) is 0 Å². The largest absolute Gasteiger partial charge is 0.486 e. The van der Waals surface area contributed by atoms with Crippen molar-refractivity contribution >= 4 is 18.4 Å². The maximum atomic E-state index is 14.8. The van der Waals surface area contributed by atoms with E-state index in [1.807, 2.05) is 0 Å². The lowest BCUT2D eigenvalue weighted by Crippen LogP contribution is -2.13. The standard InChI is InChI=1S/C25H25FO8/c1-16(2)24(28)33-12-11-32-23-13-18(5-8-22(23)31-10-9-30-15-27)20-7-6-19(14-21(20)26)34-25(29)17(3)4/h5-8,13-15H,1,3,9-12H2,2,4H3. The second-order valence-electron chi connectivity index (χ2n) is 7.05. The third-order valence-electron chi connectivity index (χ3n) is 4.20. The van der Waals surface area contributed by atoms with Crippen molar-refractivity contribution in [1.82, 2.24) is 0 Å². The summed E-state index contributed by atoms with van der Waals surface area (Å²) in [7, 11) is 0. The Morgan fingerprint density at radius 1 is 0.882 bits per heavy atom. The molecule has 0 aliphatic heterocycles.